The van der Waals surface area contributed by atoms with Crippen LogP contribution in [0.5, 0.6) is 5.75 Å². The van der Waals surface area contributed by atoms with Crippen molar-refractivity contribution >= 4 is 28.9 Å². The molecule has 0 saturated carbocycles. The monoisotopic (exact) mass is 332 g/mol. The van der Waals surface area contributed by atoms with Gasteiger partial charge in [0.25, 0.3) is 0 Å². The number of rotatable bonds is 7. The van der Waals surface area contributed by atoms with Gasteiger partial charge in [0, 0.05) is 22.5 Å². The van der Waals surface area contributed by atoms with Crippen molar-refractivity contribution in [3.63, 3.8) is 0 Å². The van der Waals surface area contributed by atoms with Crippen molar-refractivity contribution in [3.05, 3.63) is 53.1 Å². The van der Waals surface area contributed by atoms with Crippen molar-refractivity contribution in [1.82, 2.24) is 0 Å². The summed E-state index contributed by atoms with van der Waals surface area (Å²) in [6.45, 7) is 4.78. The second kappa shape index (κ2) is 8.44. The number of anilines is 2. The van der Waals surface area contributed by atoms with Crippen LogP contribution in [0.15, 0.2) is 42.5 Å². The highest BCUT2D eigenvalue weighted by Crippen LogP contribution is 2.23. The van der Waals surface area contributed by atoms with Crippen LogP contribution in [0.1, 0.15) is 18.9 Å². The average Bonchev–Trinajstić information content (AvgIpc) is 2.56. The first-order valence-corrected chi connectivity index (χ1v) is 7.99. The Balaban J connectivity index is 1.90. The summed E-state index contributed by atoms with van der Waals surface area (Å²) in [5, 5.41) is 6.58. The number of carbonyl (C=O) groups excluding carboxylic acids is 1. The number of ether oxygens (including phenoxy) is 1. The van der Waals surface area contributed by atoms with Crippen LogP contribution in [0.25, 0.3) is 0 Å². The molecule has 2 N–H and O–H groups in total. The molecule has 2 aromatic carbocycles. The zero-order valence-corrected chi connectivity index (χ0v) is 14.1. The zero-order chi connectivity index (χ0) is 16.7. The maximum Gasteiger partial charge on any atom is 0.243 e. The van der Waals surface area contributed by atoms with E-state index in [2.05, 4.69) is 17.6 Å². The molecule has 1 amide bonds. The van der Waals surface area contributed by atoms with E-state index in [-0.39, 0.29) is 12.5 Å². The summed E-state index contributed by atoms with van der Waals surface area (Å²) >= 11 is 6.05. The fourth-order valence-electron chi connectivity index (χ4n) is 2.04. The van der Waals surface area contributed by atoms with Gasteiger partial charge in [-0.2, -0.15) is 0 Å². The topological polar surface area (TPSA) is 50.4 Å². The van der Waals surface area contributed by atoms with Crippen molar-refractivity contribution in [2.45, 2.75) is 20.3 Å². The highest BCUT2D eigenvalue weighted by Gasteiger charge is 2.07. The molecule has 0 atom stereocenters. The SMILES string of the molecule is CCCOc1cccc(NCC(=O)Nc2cccc(Cl)c2C)c1. The summed E-state index contributed by atoms with van der Waals surface area (Å²) < 4.78 is 5.57. The molecule has 122 valence electrons. The van der Waals surface area contributed by atoms with Gasteiger partial charge in [0.2, 0.25) is 5.91 Å². The predicted octanol–water partition coefficient (Wildman–Crippen LogP) is 4.49. The average molecular weight is 333 g/mol. The Morgan fingerprint density at radius 2 is 2.00 bits per heavy atom. The van der Waals surface area contributed by atoms with E-state index in [0.29, 0.717) is 11.6 Å². The molecular weight excluding hydrogens is 312 g/mol. The molecule has 0 aromatic heterocycles. The molecule has 0 bridgehead atoms. The molecule has 0 radical (unpaired) electrons. The Kier molecular flexibility index (Phi) is 6.29. The van der Waals surface area contributed by atoms with E-state index in [1.165, 1.54) is 0 Å². The lowest BCUT2D eigenvalue weighted by Crippen LogP contribution is -2.22. The Morgan fingerprint density at radius 3 is 2.78 bits per heavy atom. The summed E-state index contributed by atoms with van der Waals surface area (Å²) in [6, 6.07) is 13.0. The number of nitrogens with one attached hydrogen (secondary N) is 2. The number of benzene rings is 2. The highest BCUT2D eigenvalue weighted by atomic mass is 35.5. The van der Waals surface area contributed by atoms with Gasteiger partial charge >= 0.3 is 0 Å². The molecule has 4 nitrogen and oxygen atoms in total. The second-order valence-corrected chi connectivity index (χ2v) is 5.60. The van der Waals surface area contributed by atoms with E-state index >= 15 is 0 Å². The van der Waals surface area contributed by atoms with E-state index in [1.54, 1.807) is 6.07 Å². The standard InChI is InChI=1S/C18H21ClN2O2/c1-3-10-23-15-7-4-6-14(11-15)20-12-18(22)21-17-9-5-8-16(19)13(17)2/h4-9,11,20H,3,10,12H2,1-2H3,(H,21,22). The molecule has 0 saturated heterocycles. The largest absolute Gasteiger partial charge is 0.494 e. The maximum atomic E-state index is 12.1. The minimum Gasteiger partial charge on any atom is -0.494 e. The summed E-state index contributed by atoms with van der Waals surface area (Å²) in [5.74, 6) is 0.665. The summed E-state index contributed by atoms with van der Waals surface area (Å²) in [7, 11) is 0. The molecule has 0 aliphatic carbocycles. The minimum atomic E-state index is -0.129. The molecule has 0 spiro atoms. The molecule has 0 heterocycles. The van der Waals surface area contributed by atoms with E-state index in [9.17, 15) is 4.79 Å². The third-order valence-electron chi connectivity index (χ3n) is 3.30. The van der Waals surface area contributed by atoms with E-state index in [0.717, 1.165) is 29.1 Å². The second-order valence-electron chi connectivity index (χ2n) is 5.19. The number of carbonyl (C=O) groups is 1. The normalized spacial score (nSPS) is 10.2. The summed E-state index contributed by atoms with van der Waals surface area (Å²) in [5.41, 5.74) is 2.43. The van der Waals surface area contributed by atoms with E-state index in [1.807, 2.05) is 43.3 Å². The summed E-state index contributed by atoms with van der Waals surface area (Å²) in [6.07, 6.45) is 0.957. The molecule has 0 fully saturated rings. The van der Waals surface area contributed by atoms with Crippen LogP contribution in [-0.2, 0) is 4.79 Å². The van der Waals surface area contributed by atoms with Crippen LogP contribution in [0.3, 0.4) is 0 Å². The van der Waals surface area contributed by atoms with Crippen molar-refractivity contribution in [2.75, 3.05) is 23.8 Å². The van der Waals surface area contributed by atoms with Crippen LogP contribution in [-0.4, -0.2) is 19.1 Å². The molecule has 23 heavy (non-hydrogen) atoms. The van der Waals surface area contributed by atoms with Gasteiger partial charge < -0.3 is 15.4 Å². The lowest BCUT2D eigenvalue weighted by Gasteiger charge is -2.11. The first-order chi connectivity index (χ1) is 11.1. The molecular formula is C18H21ClN2O2. The van der Waals surface area contributed by atoms with Gasteiger partial charge in [-0.25, -0.2) is 0 Å². The number of hydrogen-bond donors (Lipinski definition) is 2. The third kappa shape index (κ3) is 5.18. The smallest absolute Gasteiger partial charge is 0.243 e. The number of halogens is 1. The van der Waals surface area contributed by atoms with Gasteiger partial charge in [-0.1, -0.05) is 30.7 Å². The fourth-order valence-corrected chi connectivity index (χ4v) is 2.21. The van der Waals surface area contributed by atoms with Crippen LogP contribution in [0.2, 0.25) is 5.02 Å². The van der Waals surface area contributed by atoms with Crippen LogP contribution >= 0.6 is 11.6 Å². The lowest BCUT2D eigenvalue weighted by molar-refractivity contribution is -0.114. The Hall–Kier alpha value is -2.20. The van der Waals surface area contributed by atoms with Crippen molar-refractivity contribution in [3.8, 4) is 5.75 Å². The van der Waals surface area contributed by atoms with Crippen LogP contribution < -0.4 is 15.4 Å². The number of amides is 1. The minimum absolute atomic E-state index is 0.129. The van der Waals surface area contributed by atoms with Gasteiger partial charge in [0.1, 0.15) is 5.75 Å². The highest BCUT2D eigenvalue weighted by molar-refractivity contribution is 6.31. The third-order valence-corrected chi connectivity index (χ3v) is 3.71. The first kappa shape index (κ1) is 17.2. The summed E-state index contributed by atoms with van der Waals surface area (Å²) in [4.78, 5) is 12.1. The van der Waals surface area contributed by atoms with Crippen molar-refractivity contribution in [2.24, 2.45) is 0 Å². The Bertz CT molecular complexity index is 674. The van der Waals surface area contributed by atoms with Crippen LogP contribution in [0, 0.1) is 6.92 Å². The lowest BCUT2D eigenvalue weighted by atomic mass is 10.2. The Labute approximate surface area is 141 Å². The van der Waals surface area contributed by atoms with Gasteiger partial charge in [0.15, 0.2) is 0 Å². The quantitative estimate of drug-likeness (QED) is 0.785. The Morgan fingerprint density at radius 1 is 1.22 bits per heavy atom. The van der Waals surface area contributed by atoms with Gasteiger partial charge in [-0.05, 0) is 43.2 Å². The van der Waals surface area contributed by atoms with E-state index < -0.39 is 0 Å². The maximum absolute atomic E-state index is 12.1. The van der Waals surface area contributed by atoms with Gasteiger partial charge in [0.05, 0.1) is 13.2 Å². The molecule has 0 unspecified atom stereocenters. The first-order valence-electron chi connectivity index (χ1n) is 7.62. The molecule has 0 aliphatic heterocycles. The molecule has 0 aliphatic rings. The molecule has 2 rings (SSSR count). The van der Waals surface area contributed by atoms with Crippen molar-refractivity contribution < 1.29 is 9.53 Å². The fraction of sp³-hybridized carbons (Fsp3) is 0.278. The van der Waals surface area contributed by atoms with Gasteiger partial charge in [-0.15, -0.1) is 0 Å². The predicted molar refractivity (Wildman–Crippen MR) is 95.5 cm³/mol. The van der Waals surface area contributed by atoms with Crippen molar-refractivity contribution in [1.29, 1.82) is 0 Å². The van der Waals surface area contributed by atoms with Gasteiger partial charge in [-0.3, -0.25) is 4.79 Å². The molecule has 5 heteroatoms. The zero-order valence-electron chi connectivity index (χ0n) is 13.4. The van der Waals surface area contributed by atoms with Crippen LogP contribution in [0.4, 0.5) is 11.4 Å². The van der Waals surface area contributed by atoms with E-state index in [4.69, 9.17) is 16.3 Å². The molecule has 2 aromatic rings. The number of hydrogen-bond acceptors (Lipinski definition) is 3.